The molecule has 13 heavy (non-hydrogen) atoms. The van der Waals surface area contributed by atoms with Crippen LogP contribution in [-0.4, -0.2) is 45.1 Å². The molecule has 2 atom stereocenters. The summed E-state index contributed by atoms with van der Waals surface area (Å²) < 4.78 is 10.5. The molecule has 1 fully saturated rings. The Balaban J connectivity index is 2.39. The molecule has 78 valence electrons. The first-order valence-electron chi connectivity index (χ1n) is 4.81. The van der Waals surface area contributed by atoms with Gasteiger partial charge in [0.1, 0.15) is 0 Å². The first kappa shape index (κ1) is 10.9. The predicted octanol–water partition coefficient (Wildman–Crippen LogP) is -0.271. The van der Waals surface area contributed by atoms with Gasteiger partial charge in [0.2, 0.25) is 0 Å². The number of nitrogens with two attached hydrogens (primary N) is 1. The minimum absolute atomic E-state index is 0.0292. The van der Waals surface area contributed by atoms with Crippen LogP contribution < -0.4 is 11.1 Å². The van der Waals surface area contributed by atoms with E-state index in [2.05, 4.69) is 12.2 Å². The van der Waals surface area contributed by atoms with E-state index in [9.17, 15) is 0 Å². The quantitative estimate of drug-likeness (QED) is 0.583. The van der Waals surface area contributed by atoms with Gasteiger partial charge in [-0.2, -0.15) is 0 Å². The third-order valence-corrected chi connectivity index (χ3v) is 2.84. The second kappa shape index (κ2) is 4.91. The smallest absolute Gasteiger partial charge is 0.0741 e. The van der Waals surface area contributed by atoms with Crippen molar-refractivity contribution in [3.8, 4) is 0 Å². The van der Waals surface area contributed by atoms with Gasteiger partial charge in [0.15, 0.2) is 0 Å². The van der Waals surface area contributed by atoms with E-state index in [4.69, 9.17) is 15.2 Å². The summed E-state index contributed by atoms with van der Waals surface area (Å²) in [6.07, 6.45) is 1.20. The van der Waals surface area contributed by atoms with Crippen LogP contribution in [0.15, 0.2) is 0 Å². The second-order valence-corrected chi connectivity index (χ2v) is 3.54. The fourth-order valence-corrected chi connectivity index (χ4v) is 1.75. The summed E-state index contributed by atoms with van der Waals surface area (Å²) in [7, 11) is 1.70. The van der Waals surface area contributed by atoms with Gasteiger partial charge in [0.05, 0.1) is 18.2 Å². The van der Waals surface area contributed by atoms with Gasteiger partial charge < -0.3 is 20.5 Å². The number of methoxy groups -OCH3 is 1. The van der Waals surface area contributed by atoms with Crippen molar-refractivity contribution in [3.05, 3.63) is 0 Å². The minimum atomic E-state index is -0.0292. The summed E-state index contributed by atoms with van der Waals surface area (Å²) in [5, 5.41) is 3.42. The highest BCUT2D eigenvalue weighted by Gasteiger charge is 2.39. The Morgan fingerprint density at radius 3 is 2.92 bits per heavy atom. The second-order valence-electron chi connectivity index (χ2n) is 3.54. The van der Waals surface area contributed by atoms with E-state index in [0.717, 1.165) is 19.6 Å². The van der Waals surface area contributed by atoms with E-state index >= 15 is 0 Å². The van der Waals surface area contributed by atoms with E-state index in [0.29, 0.717) is 13.2 Å². The van der Waals surface area contributed by atoms with Crippen molar-refractivity contribution in [2.45, 2.75) is 25.0 Å². The number of hydrogen-bond acceptors (Lipinski definition) is 4. The molecule has 0 spiro atoms. The average molecular weight is 188 g/mol. The lowest BCUT2D eigenvalue weighted by atomic mass is 9.92. The van der Waals surface area contributed by atoms with Gasteiger partial charge in [-0.05, 0) is 13.3 Å². The van der Waals surface area contributed by atoms with Crippen molar-refractivity contribution >= 4 is 0 Å². The molecule has 3 N–H and O–H groups in total. The molecule has 0 amide bonds. The summed E-state index contributed by atoms with van der Waals surface area (Å²) in [4.78, 5) is 0. The Bertz CT molecular complexity index is 155. The molecule has 0 aromatic carbocycles. The molecule has 1 rings (SSSR count). The lowest BCUT2D eigenvalue weighted by molar-refractivity contribution is 0.0814. The normalized spacial score (nSPS) is 33.9. The number of hydrogen-bond donors (Lipinski definition) is 2. The maximum Gasteiger partial charge on any atom is 0.0741 e. The third-order valence-electron chi connectivity index (χ3n) is 2.84. The molecule has 0 aromatic heterocycles. The van der Waals surface area contributed by atoms with E-state index in [1.54, 1.807) is 7.11 Å². The predicted molar refractivity (Wildman–Crippen MR) is 51.7 cm³/mol. The van der Waals surface area contributed by atoms with Crippen LogP contribution in [0.4, 0.5) is 0 Å². The van der Waals surface area contributed by atoms with Crippen LogP contribution in [0, 0.1) is 0 Å². The third kappa shape index (κ3) is 2.40. The summed E-state index contributed by atoms with van der Waals surface area (Å²) in [5.74, 6) is 0. The van der Waals surface area contributed by atoms with Gasteiger partial charge in [-0.25, -0.2) is 0 Å². The molecule has 1 saturated heterocycles. The largest absolute Gasteiger partial charge is 0.383 e. The Morgan fingerprint density at radius 1 is 1.69 bits per heavy atom. The SMILES string of the molecule is COCCNC1(CN)CCOC1C. The maximum absolute atomic E-state index is 5.76. The number of ether oxygens (including phenoxy) is 2. The Labute approximate surface area is 79.8 Å². The molecule has 4 heteroatoms. The van der Waals surface area contributed by atoms with Crippen LogP contribution in [-0.2, 0) is 9.47 Å². The molecule has 1 heterocycles. The van der Waals surface area contributed by atoms with Crippen LogP contribution >= 0.6 is 0 Å². The van der Waals surface area contributed by atoms with Crippen molar-refractivity contribution in [1.29, 1.82) is 0 Å². The molecule has 0 saturated carbocycles. The molecule has 0 aromatic rings. The Kier molecular flexibility index (Phi) is 4.12. The van der Waals surface area contributed by atoms with Crippen LogP contribution in [0.25, 0.3) is 0 Å². The molecule has 1 aliphatic heterocycles. The van der Waals surface area contributed by atoms with Crippen LogP contribution in [0.1, 0.15) is 13.3 Å². The topological polar surface area (TPSA) is 56.5 Å². The Morgan fingerprint density at radius 2 is 2.46 bits per heavy atom. The van der Waals surface area contributed by atoms with Crippen LogP contribution in [0.5, 0.6) is 0 Å². The molecule has 2 unspecified atom stereocenters. The van der Waals surface area contributed by atoms with Crippen molar-refractivity contribution in [2.24, 2.45) is 5.73 Å². The summed E-state index contributed by atoms with van der Waals surface area (Å²) >= 11 is 0. The zero-order valence-electron chi connectivity index (χ0n) is 8.51. The van der Waals surface area contributed by atoms with Crippen LogP contribution in [0.3, 0.4) is 0 Å². The molecule has 0 bridgehead atoms. The average Bonchev–Trinajstić information content (AvgIpc) is 2.49. The first-order valence-corrected chi connectivity index (χ1v) is 4.81. The monoisotopic (exact) mass is 188 g/mol. The first-order chi connectivity index (χ1) is 6.25. The van der Waals surface area contributed by atoms with Gasteiger partial charge in [0.25, 0.3) is 0 Å². The highest BCUT2D eigenvalue weighted by molar-refractivity contribution is 4.98. The number of rotatable bonds is 5. The lowest BCUT2D eigenvalue weighted by Gasteiger charge is -2.32. The maximum atomic E-state index is 5.76. The van der Waals surface area contributed by atoms with Gasteiger partial charge in [-0.1, -0.05) is 0 Å². The van der Waals surface area contributed by atoms with E-state index in [-0.39, 0.29) is 11.6 Å². The lowest BCUT2D eigenvalue weighted by Crippen LogP contribution is -2.56. The highest BCUT2D eigenvalue weighted by atomic mass is 16.5. The molecule has 4 nitrogen and oxygen atoms in total. The molecule has 1 aliphatic rings. The molecular weight excluding hydrogens is 168 g/mol. The standard InChI is InChI=1S/C9H20N2O2/c1-8-9(7-10,3-5-13-8)11-4-6-12-2/h8,11H,3-7,10H2,1-2H3. The fourth-order valence-electron chi connectivity index (χ4n) is 1.75. The van der Waals surface area contributed by atoms with Crippen molar-refractivity contribution in [2.75, 3.05) is 33.4 Å². The summed E-state index contributed by atoms with van der Waals surface area (Å²) in [5.41, 5.74) is 5.73. The van der Waals surface area contributed by atoms with Gasteiger partial charge in [-0.15, -0.1) is 0 Å². The fraction of sp³-hybridized carbons (Fsp3) is 1.00. The molecule has 0 radical (unpaired) electrons. The summed E-state index contributed by atoms with van der Waals surface area (Å²) in [6, 6.07) is 0. The van der Waals surface area contributed by atoms with E-state index in [1.807, 2.05) is 0 Å². The molecular formula is C9H20N2O2. The van der Waals surface area contributed by atoms with Crippen molar-refractivity contribution < 1.29 is 9.47 Å². The Hall–Kier alpha value is -0.160. The molecule has 0 aliphatic carbocycles. The number of nitrogens with one attached hydrogen (secondary N) is 1. The van der Waals surface area contributed by atoms with Gasteiger partial charge in [-0.3, -0.25) is 0 Å². The van der Waals surface area contributed by atoms with Crippen LogP contribution in [0.2, 0.25) is 0 Å². The van der Waals surface area contributed by atoms with Crippen molar-refractivity contribution in [1.82, 2.24) is 5.32 Å². The minimum Gasteiger partial charge on any atom is -0.383 e. The van der Waals surface area contributed by atoms with E-state index < -0.39 is 0 Å². The van der Waals surface area contributed by atoms with E-state index in [1.165, 1.54) is 0 Å². The zero-order chi connectivity index (χ0) is 9.73. The summed E-state index contributed by atoms with van der Waals surface area (Å²) in [6.45, 7) is 5.05. The van der Waals surface area contributed by atoms with Gasteiger partial charge >= 0.3 is 0 Å². The van der Waals surface area contributed by atoms with Crippen molar-refractivity contribution in [3.63, 3.8) is 0 Å². The highest BCUT2D eigenvalue weighted by Crippen LogP contribution is 2.24. The van der Waals surface area contributed by atoms with Gasteiger partial charge in [0, 0.05) is 26.8 Å². The zero-order valence-corrected chi connectivity index (χ0v) is 8.51.